The Labute approximate surface area is 179 Å². The number of benzene rings is 3. The summed E-state index contributed by atoms with van der Waals surface area (Å²) in [5.74, 6) is 0.305. The maximum Gasteiger partial charge on any atom is 0.338 e. The van der Waals surface area contributed by atoms with Gasteiger partial charge in [0.2, 0.25) is 0 Å². The molecule has 4 aromatic rings. The zero-order valence-electron chi connectivity index (χ0n) is 17.1. The molecule has 2 N–H and O–H groups in total. The minimum absolute atomic E-state index is 0.330. The second kappa shape index (κ2) is 8.71. The molecule has 0 aliphatic rings. The second-order valence-electron chi connectivity index (χ2n) is 6.95. The molecule has 0 fully saturated rings. The average Bonchev–Trinajstić information content (AvgIpc) is 3.23. The lowest BCUT2D eigenvalue weighted by atomic mass is 10.2. The van der Waals surface area contributed by atoms with Crippen molar-refractivity contribution >= 4 is 28.6 Å². The van der Waals surface area contributed by atoms with Crippen LogP contribution in [0.15, 0.2) is 72.8 Å². The number of fused-ring (bicyclic) bond motifs is 1. The first kappa shape index (κ1) is 20.2. The summed E-state index contributed by atoms with van der Waals surface area (Å²) in [6.45, 7) is 1.52. The average molecular weight is 415 g/mol. The topological polar surface area (TPSA) is 93.3 Å². The number of anilines is 1. The fourth-order valence-corrected chi connectivity index (χ4v) is 3.10. The van der Waals surface area contributed by atoms with Gasteiger partial charge in [-0.05, 0) is 37.3 Å². The molecule has 1 unspecified atom stereocenters. The molecule has 31 heavy (non-hydrogen) atoms. The van der Waals surface area contributed by atoms with E-state index in [2.05, 4.69) is 15.3 Å². The highest BCUT2D eigenvalue weighted by atomic mass is 16.5. The van der Waals surface area contributed by atoms with E-state index in [1.807, 2.05) is 30.3 Å². The van der Waals surface area contributed by atoms with E-state index in [0.29, 0.717) is 28.3 Å². The van der Waals surface area contributed by atoms with Crippen molar-refractivity contribution in [1.82, 2.24) is 9.97 Å². The van der Waals surface area contributed by atoms with Crippen LogP contribution in [0.4, 0.5) is 5.69 Å². The summed E-state index contributed by atoms with van der Waals surface area (Å²) in [6, 6.07) is 21.7. The number of carbonyl (C=O) groups excluding carboxylic acids is 2. The van der Waals surface area contributed by atoms with E-state index < -0.39 is 18.0 Å². The number of amides is 1. The fourth-order valence-electron chi connectivity index (χ4n) is 3.10. The predicted molar refractivity (Wildman–Crippen MR) is 118 cm³/mol. The Morgan fingerprint density at radius 2 is 1.81 bits per heavy atom. The first-order valence-corrected chi connectivity index (χ1v) is 9.74. The third-order valence-electron chi connectivity index (χ3n) is 4.76. The molecule has 0 spiro atoms. The molecule has 0 saturated heterocycles. The van der Waals surface area contributed by atoms with Crippen molar-refractivity contribution in [3.05, 3.63) is 78.4 Å². The lowest BCUT2D eigenvalue weighted by Gasteiger charge is -2.14. The highest BCUT2D eigenvalue weighted by Gasteiger charge is 2.20. The monoisotopic (exact) mass is 415 g/mol. The number of nitrogens with one attached hydrogen (secondary N) is 2. The molecule has 0 saturated carbocycles. The van der Waals surface area contributed by atoms with E-state index in [1.165, 1.54) is 6.92 Å². The molecule has 4 rings (SSSR count). The van der Waals surface area contributed by atoms with Crippen molar-refractivity contribution in [1.29, 1.82) is 0 Å². The Hall–Kier alpha value is -4.13. The van der Waals surface area contributed by atoms with Gasteiger partial charge < -0.3 is 19.8 Å². The van der Waals surface area contributed by atoms with Crippen LogP contribution in [-0.2, 0) is 9.53 Å². The van der Waals surface area contributed by atoms with Crippen LogP contribution in [0.25, 0.3) is 22.4 Å². The first-order valence-electron chi connectivity index (χ1n) is 9.74. The van der Waals surface area contributed by atoms with Gasteiger partial charge in [-0.15, -0.1) is 0 Å². The Kier molecular flexibility index (Phi) is 5.66. The number of ether oxygens (including phenoxy) is 2. The number of carbonyl (C=O) groups is 2. The molecular weight excluding hydrogens is 394 g/mol. The molecule has 7 nitrogen and oxygen atoms in total. The molecule has 0 aliphatic carbocycles. The zero-order valence-corrected chi connectivity index (χ0v) is 17.1. The van der Waals surface area contributed by atoms with Gasteiger partial charge in [0.15, 0.2) is 6.10 Å². The van der Waals surface area contributed by atoms with Gasteiger partial charge in [-0.1, -0.05) is 36.4 Å². The highest BCUT2D eigenvalue weighted by molar-refractivity contribution is 5.98. The minimum atomic E-state index is -0.976. The lowest BCUT2D eigenvalue weighted by molar-refractivity contribution is -0.123. The zero-order chi connectivity index (χ0) is 21.8. The fraction of sp³-hybridized carbons (Fsp3) is 0.125. The number of aromatic amines is 1. The van der Waals surface area contributed by atoms with Crippen LogP contribution < -0.4 is 10.1 Å². The van der Waals surface area contributed by atoms with Crippen LogP contribution in [0.5, 0.6) is 5.75 Å². The highest BCUT2D eigenvalue weighted by Crippen LogP contribution is 2.22. The molecule has 0 bridgehead atoms. The van der Waals surface area contributed by atoms with Gasteiger partial charge in [-0.25, -0.2) is 9.78 Å². The number of esters is 1. The maximum absolute atomic E-state index is 12.6. The molecule has 0 radical (unpaired) electrons. The van der Waals surface area contributed by atoms with Gasteiger partial charge in [0.05, 0.1) is 23.7 Å². The van der Waals surface area contributed by atoms with Crippen molar-refractivity contribution in [3.8, 4) is 17.1 Å². The Morgan fingerprint density at radius 1 is 1.00 bits per heavy atom. The minimum Gasteiger partial charge on any atom is -0.497 e. The summed E-state index contributed by atoms with van der Waals surface area (Å²) in [6.07, 6.45) is -0.976. The molecule has 1 aromatic heterocycles. The van der Waals surface area contributed by atoms with Crippen LogP contribution in [0.2, 0.25) is 0 Å². The van der Waals surface area contributed by atoms with Crippen LogP contribution in [0.1, 0.15) is 17.3 Å². The van der Waals surface area contributed by atoms with Crippen LogP contribution >= 0.6 is 0 Å². The molecular formula is C24H21N3O4. The smallest absolute Gasteiger partial charge is 0.338 e. The summed E-state index contributed by atoms with van der Waals surface area (Å²) in [5.41, 5.74) is 3.28. The molecule has 1 atom stereocenters. The number of rotatable bonds is 6. The summed E-state index contributed by atoms with van der Waals surface area (Å²) in [5, 5.41) is 2.71. The third kappa shape index (κ3) is 4.56. The van der Waals surface area contributed by atoms with Gasteiger partial charge in [0.25, 0.3) is 5.91 Å². The Bertz CT molecular complexity index is 1230. The van der Waals surface area contributed by atoms with Gasteiger partial charge in [0, 0.05) is 17.3 Å². The van der Waals surface area contributed by atoms with Crippen molar-refractivity contribution in [3.63, 3.8) is 0 Å². The second-order valence-corrected chi connectivity index (χ2v) is 6.95. The van der Waals surface area contributed by atoms with Crippen LogP contribution in [0.3, 0.4) is 0 Å². The van der Waals surface area contributed by atoms with Crippen molar-refractivity contribution in [2.24, 2.45) is 0 Å². The molecule has 156 valence electrons. The number of hydrogen-bond donors (Lipinski definition) is 2. The first-order chi connectivity index (χ1) is 15.0. The number of H-pyrrole nitrogens is 1. The SMILES string of the molecule is COc1cccc(NC(=O)C(C)OC(=O)c2ccc3nc(-c4ccccc4)[nH]c3c2)c1. The van der Waals surface area contributed by atoms with Gasteiger partial charge >= 0.3 is 5.97 Å². The van der Waals surface area contributed by atoms with Crippen molar-refractivity contribution in [2.45, 2.75) is 13.0 Å². The quantitative estimate of drug-likeness (QED) is 0.455. The molecule has 3 aromatic carbocycles. The van der Waals surface area contributed by atoms with Gasteiger partial charge in [0.1, 0.15) is 11.6 Å². The van der Waals surface area contributed by atoms with E-state index >= 15 is 0 Å². The molecule has 0 aliphatic heterocycles. The van der Waals surface area contributed by atoms with Gasteiger partial charge in [-0.2, -0.15) is 0 Å². The third-order valence-corrected chi connectivity index (χ3v) is 4.76. The van der Waals surface area contributed by atoms with Gasteiger partial charge in [-0.3, -0.25) is 4.79 Å². The predicted octanol–water partition coefficient (Wildman–Crippen LogP) is 4.42. The standard InChI is InChI=1S/C24H21N3O4/c1-15(23(28)25-18-9-6-10-19(14-18)30-2)31-24(29)17-11-12-20-21(13-17)27-22(26-20)16-7-4-3-5-8-16/h3-15H,1-2H3,(H,25,28)(H,26,27). The van der Waals surface area contributed by atoms with E-state index in [-0.39, 0.29) is 0 Å². The molecule has 7 heteroatoms. The Balaban J connectivity index is 1.45. The van der Waals surface area contributed by atoms with Crippen LogP contribution in [-0.4, -0.2) is 35.1 Å². The molecule has 1 heterocycles. The summed E-state index contributed by atoms with van der Waals surface area (Å²) >= 11 is 0. The van der Waals surface area contributed by atoms with Crippen molar-refractivity contribution in [2.75, 3.05) is 12.4 Å². The molecule has 1 amide bonds. The summed E-state index contributed by atoms with van der Waals surface area (Å²) in [7, 11) is 1.55. The largest absolute Gasteiger partial charge is 0.497 e. The maximum atomic E-state index is 12.6. The van der Waals surface area contributed by atoms with E-state index in [1.54, 1.807) is 49.6 Å². The number of imidazole rings is 1. The number of nitrogens with zero attached hydrogens (tertiary/aromatic N) is 1. The summed E-state index contributed by atoms with van der Waals surface area (Å²) in [4.78, 5) is 32.8. The number of hydrogen-bond acceptors (Lipinski definition) is 5. The van der Waals surface area contributed by atoms with Crippen LogP contribution in [0, 0.1) is 0 Å². The van der Waals surface area contributed by atoms with E-state index in [9.17, 15) is 9.59 Å². The van der Waals surface area contributed by atoms with E-state index in [0.717, 1.165) is 11.1 Å². The number of aromatic nitrogens is 2. The van der Waals surface area contributed by atoms with Crippen molar-refractivity contribution < 1.29 is 19.1 Å². The van der Waals surface area contributed by atoms with E-state index in [4.69, 9.17) is 9.47 Å². The lowest BCUT2D eigenvalue weighted by Crippen LogP contribution is -2.30. The Morgan fingerprint density at radius 3 is 2.58 bits per heavy atom. The normalized spacial score (nSPS) is 11.7. The summed E-state index contributed by atoms with van der Waals surface area (Å²) < 4.78 is 10.5. The number of methoxy groups -OCH3 is 1.